The number of aromatic nitrogens is 2. The first-order chi connectivity index (χ1) is 9.56. The molecule has 1 amide bonds. The maximum absolute atomic E-state index is 11.9. The molecule has 0 aliphatic heterocycles. The van der Waals surface area contributed by atoms with Crippen LogP contribution in [0.2, 0.25) is 0 Å². The SMILES string of the molecule is C[C@@H](NC(=O)Cn1cc(C(=O)O)cn1)c1ccccc1. The normalized spacial score (nSPS) is 11.8. The van der Waals surface area contributed by atoms with E-state index in [1.807, 2.05) is 37.3 Å². The van der Waals surface area contributed by atoms with Crippen molar-refractivity contribution in [2.24, 2.45) is 0 Å². The molecule has 0 saturated heterocycles. The number of carboxylic acids is 1. The molecule has 2 rings (SSSR count). The first-order valence-electron chi connectivity index (χ1n) is 6.16. The standard InChI is InChI=1S/C14H15N3O3/c1-10(11-5-3-2-4-6-11)16-13(18)9-17-8-12(7-15-17)14(19)20/h2-8,10H,9H2,1H3,(H,16,18)(H,19,20)/t10-/m1/s1. The lowest BCUT2D eigenvalue weighted by molar-refractivity contribution is -0.122. The van der Waals surface area contributed by atoms with Crippen LogP contribution >= 0.6 is 0 Å². The lowest BCUT2D eigenvalue weighted by Gasteiger charge is -2.14. The molecule has 6 nitrogen and oxygen atoms in total. The number of hydrogen-bond acceptors (Lipinski definition) is 3. The zero-order chi connectivity index (χ0) is 14.5. The molecule has 0 aliphatic rings. The molecule has 1 aromatic heterocycles. The first-order valence-corrected chi connectivity index (χ1v) is 6.16. The molecule has 0 spiro atoms. The molecule has 20 heavy (non-hydrogen) atoms. The summed E-state index contributed by atoms with van der Waals surface area (Å²) in [6, 6.07) is 9.48. The van der Waals surface area contributed by atoms with Crippen LogP contribution in [-0.2, 0) is 11.3 Å². The molecule has 1 aromatic carbocycles. The minimum Gasteiger partial charge on any atom is -0.478 e. The summed E-state index contributed by atoms with van der Waals surface area (Å²) in [7, 11) is 0. The van der Waals surface area contributed by atoms with Crippen LogP contribution in [0.3, 0.4) is 0 Å². The van der Waals surface area contributed by atoms with Crippen molar-refractivity contribution in [3.63, 3.8) is 0 Å². The number of nitrogens with one attached hydrogen (secondary N) is 1. The van der Waals surface area contributed by atoms with Crippen molar-refractivity contribution in [1.82, 2.24) is 15.1 Å². The van der Waals surface area contributed by atoms with E-state index in [2.05, 4.69) is 10.4 Å². The maximum atomic E-state index is 11.9. The molecule has 0 radical (unpaired) electrons. The predicted molar refractivity (Wildman–Crippen MR) is 72.2 cm³/mol. The molecule has 0 saturated carbocycles. The van der Waals surface area contributed by atoms with Gasteiger partial charge in [-0.2, -0.15) is 5.10 Å². The van der Waals surface area contributed by atoms with Gasteiger partial charge >= 0.3 is 5.97 Å². The third kappa shape index (κ3) is 3.44. The summed E-state index contributed by atoms with van der Waals surface area (Å²) in [5.41, 5.74) is 1.07. The van der Waals surface area contributed by atoms with E-state index in [0.29, 0.717) is 0 Å². The fourth-order valence-electron chi connectivity index (χ4n) is 1.82. The molecule has 0 fully saturated rings. The minimum atomic E-state index is -1.06. The fourth-order valence-corrected chi connectivity index (χ4v) is 1.82. The van der Waals surface area contributed by atoms with Crippen LogP contribution in [0.15, 0.2) is 42.7 Å². The Balaban J connectivity index is 1.93. The Labute approximate surface area is 116 Å². The van der Waals surface area contributed by atoms with Crippen molar-refractivity contribution in [2.45, 2.75) is 19.5 Å². The predicted octanol–water partition coefficient (Wildman–Crippen LogP) is 1.46. The Bertz CT molecular complexity index is 607. The highest BCUT2D eigenvalue weighted by Gasteiger charge is 2.11. The van der Waals surface area contributed by atoms with E-state index in [1.165, 1.54) is 17.1 Å². The monoisotopic (exact) mass is 273 g/mol. The van der Waals surface area contributed by atoms with Gasteiger partial charge in [0.25, 0.3) is 0 Å². The largest absolute Gasteiger partial charge is 0.478 e. The van der Waals surface area contributed by atoms with E-state index >= 15 is 0 Å². The highest BCUT2D eigenvalue weighted by atomic mass is 16.4. The van der Waals surface area contributed by atoms with Gasteiger partial charge in [-0.05, 0) is 12.5 Å². The Hall–Kier alpha value is -2.63. The molecular weight excluding hydrogens is 258 g/mol. The van der Waals surface area contributed by atoms with E-state index < -0.39 is 5.97 Å². The van der Waals surface area contributed by atoms with E-state index in [0.717, 1.165) is 5.56 Å². The number of carboxylic acid groups (broad SMARTS) is 1. The van der Waals surface area contributed by atoms with Gasteiger partial charge in [-0.3, -0.25) is 9.48 Å². The van der Waals surface area contributed by atoms with Gasteiger partial charge in [-0.15, -0.1) is 0 Å². The van der Waals surface area contributed by atoms with Crippen LogP contribution in [0.5, 0.6) is 0 Å². The molecule has 0 aliphatic carbocycles. The van der Waals surface area contributed by atoms with Gasteiger partial charge in [0.2, 0.25) is 5.91 Å². The Morgan fingerprint density at radius 3 is 2.65 bits per heavy atom. The maximum Gasteiger partial charge on any atom is 0.338 e. The van der Waals surface area contributed by atoms with Crippen molar-refractivity contribution in [3.05, 3.63) is 53.9 Å². The van der Waals surface area contributed by atoms with Gasteiger partial charge in [-0.1, -0.05) is 30.3 Å². The fraction of sp³-hybridized carbons (Fsp3) is 0.214. The van der Waals surface area contributed by atoms with Crippen molar-refractivity contribution in [3.8, 4) is 0 Å². The smallest absolute Gasteiger partial charge is 0.338 e. The van der Waals surface area contributed by atoms with Crippen LogP contribution < -0.4 is 5.32 Å². The zero-order valence-corrected chi connectivity index (χ0v) is 11.0. The van der Waals surface area contributed by atoms with Gasteiger partial charge in [0, 0.05) is 6.20 Å². The van der Waals surface area contributed by atoms with E-state index in [1.54, 1.807) is 0 Å². The Morgan fingerprint density at radius 1 is 1.35 bits per heavy atom. The third-order valence-electron chi connectivity index (χ3n) is 2.86. The molecule has 0 bridgehead atoms. The van der Waals surface area contributed by atoms with Crippen LogP contribution in [-0.4, -0.2) is 26.8 Å². The summed E-state index contributed by atoms with van der Waals surface area (Å²) >= 11 is 0. The lowest BCUT2D eigenvalue weighted by atomic mass is 10.1. The first kappa shape index (κ1) is 13.8. The highest BCUT2D eigenvalue weighted by molar-refractivity contribution is 5.87. The van der Waals surface area contributed by atoms with Crippen LogP contribution in [0, 0.1) is 0 Å². The van der Waals surface area contributed by atoms with E-state index in [4.69, 9.17) is 5.11 Å². The lowest BCUT2D eigenvalue weighted by Crippen LogP contribution is -2.30. The number of rotatable bonds is 5. The van der Waals surface area contributed by atoms with Crippen molar-refractivity contribution >= 4 is 11.9 Å². The molecular formula is C14H15N3O3. The second-order valence-corrected chi connectivity index (χ2v) is 4.43. The average Bonchev–Trinajstić information content (AvgIpc) is 2.88. The average molecular weight is 273 g/mol. The van der Waals surface area contributed by atoms with Crippen LogP contribution in [0.4, 0.5) is 0 Å². The quantitative estimate of drug-likeness (QED) is 0.863. The Kier molecular flexibility index (Phi) is 4.14. The molecule has 1 heterocycles. The van der Waals surface area contributed by atoms with Gasteiger partial charge in [-0.25, -0.2) is 4.79 Å². The van der Waals surface area contributed by atoms with Gasteiger partial charge in [0.05, 0.1) is 17.8 Å². The summed E-state index contributed by atoms with van der Waals surface area (Å²) in [6.07, 6.45) is 2.55. The molecule has 2 N–H and O–H groups in total. The number of nitrogens with zero attached hydrogens (tertiary/aromatic N) is 2. The topological polar surface area (TPSA) is 84.2 Å². The summed E-state index contributed by atoms with van der Waals surface area (Å²) in [5, 5.41) is 15.4. The number of amides is 1. The number of hydrogen-bond donors (Lipinski definition) is 2. The van der Waals surface area contributed by atoms with Crippen molar-refractivity contribution in [1.29, 1.82) is 0 Å². The van der Waals surface area contributed by atoms with E-state index in [-0.39, 0.29) is 24.1 Å². The Morgan fingerprint density at radius 2 is 2.05 bits per heavy atom. The van der Waals surface area contributed by atoms with Gasteiger partial charge in [0.15, 0.2) is 0 Å². The van der Waals surface area contributed by atoms with Crippen molar-refractivity contribution in [2.75, 3.05) is 0 Å². The summed E-state index contributed by atoms with van der Waals surface area (Å²) in [6.45, 7) is 1.88. The van der Waals surface area contributed by atoms with E-state index in [9.17, 15) is 9.59 Å². The number of aromatic carboxylic acids is 1. The second-order valence-electron chi connectivity index (χ2n) is 4.43. The highest BCUT2D eigenvalue weighted by Crippen LogP contribution is 2.10. The second kappa shape index (κ2) is 6.01. The van der Waals surface area contributed by atoms with Gasteiger partial charge in [0.1, 0.15) is 6.54 Å². The molecule has 6 heteroatoms. The molecule has 2 aromatic rings. The summed E-state index contributed by atoms with van der Waals surface area (Å²) < 4.78 is 1.30. The number of benzene rings is 1. The third-order valence-corrected chi connectivity index (χ3v) is 2.86. The van der Waals surface area contributed by atoms with Gasteiger partial charge < -0.3 is 10.4 Å². The number of carbonyl (C=O) groups is 2. The molecule has 1 atom stereocenters. The van der Waals surface area contributed by atoms with Crippen molar-refractivity contribution < 1.29 is 14.7 Å². The van der Waals surface area contributed by atoms with Crippen LogP contribution in [0.25, 0.3) is 0 Å². The number of carbonyl (C=O) groups excluding carboxylic acids is 1. The molecule has 0 unspecified atom stereocenters. The summed E-state index contributed by atoms with van der Waals surface area (Å²) in [5.74, 6) is -1.28. The van der Waals surface area contributed by atoms with Crippen LogP contribution in [0.1, 0.15) is 28.9 Å². The molecule has 104 valence electrons. The zero-order valence-electron chi connectivity index (χ0n) is 11.0. The summed E-state index contributed by atoms with van der Waals surface area (Å²) in [4.78, 5) is 22.6. The minimum absolute atomic E-state index is 0.00947.